The number of hydrogen-bond donors (Lipinski definition) is 0. The lowest BCUT2D eigenvalue weighted by Gasteiger charge is -2.37. The van der Waals surface area contributed by atoms with E-state index in [1.807, 2.05) is 6.07 Å². The van der Waals surface area contributed by atoms with E-state index < -0.39 is 34.8 Å². The predicted molar refractivity (Wildman–Crippen MR) is 131 cm³/mol. The zero-order valence-electron chi connectivity index (χ0n) is 20.1. The van der Waals surface area contributed by atoms with Gasteiger partial charge in [-0.05, 0) is 53.9 Å². The van der Waals surface area contributed by atoms with E-state index in [0.717, 1.165) is 17.7 Å². The van der Waals surface area contributed by atoms with Gasteiger partial charge in [0.05, 0.1) is 31.7 Å². The Morgan fingerprint density at radius 3 is 2.41 bits per heavy atom. The largest absolute Gasteiger partial charge is 0.493 e. The van der Waals surface area contributed by atoms with Crippen molar-refractivity contribution in [2.45, 2.75) is 12.5 Å². The Labute approximate surface area is 210 Å². The molecule has 0 spiro atoms. The van der Waals surface area contributed by atoms with E-state index in [9.17, 15) is 18.4 Å². The third-order valence-electron chi connectivity index (χ3n) is 6.45. The van der Waals surface area contributed by atoms with E-state index >= 15 is 0 Å². The summed E-state index contributed by atoms with van der Waals surface area (Å²) in [7, 11) is 3.02. The highest BCUT2D eigenvalue weighted by molar-refractivity contribution is 5.95. The average Bonchev–Trinajstić information content (AvgIpc) is 2.90. The van der Waals surface area contributed by atoms with Gasteiger partial charge in [0.2, 0.25) is 0 Å². The van der Waals surface area contributed by atoms with Crippen LogP contribution in [0.5, 0.6) is 17.2 Å². The molecule has 0 aliphatic carbocycles. The summed E-state index contributed by atoms with van der Waals surface area (Å²) in [6.45, 7) is 0.0819. The second-order valence-electron chi connectivity index (χ2n) is 8.50. The Hall–Kier alpha value is -4.40. The second kappa shape index (κ2) is 9.93. The maximum atomic E-state index is 14.6. The van der Waals surface area contributed by atoms with Crippen molar-refractivity contribution < 1.29 is 32.2 Å². The number of carbonyl (C=O) groups is 1. The van der Waals surface area contributed by atoms with Crippen molar-refractivity contribution in [3.8, 4) is 17.2 Å². The van der Waals surface area contributed by atoms with Crippen LogP contribution < -0.4 is 19.8 Å². The molecule has 37 heavy (non-hydrogen) atoms. The summed E-state index contributed by atoms with van der Waals surface area (Å²) in [5, 5.41) is 0.573. The summed E-state index contributed by atoms with van der Waals surface area (Å²) in [6.07, 6.45) is 0.422. The maximum absolute atomic E-state index is 14.6. The van der Waals surface area contributed by atoms with Gasteiger partial charge in [-0.25, -0.2) is 13.6 Å². The highest BCUT2D eigenvalue weighted by atomic mass is 19.1. The van der Waals surface area contributed by atoms with Gasteiger partial charge in [0, 0.05) is 6.54 Å². The molecule has 7 nitrogen and oxygen atoms in total. The van der Waals surface area contributed by atoms with Crippen LogP contribution in [0.2, 0.25) is 0 Å². The first-order valence-corrected chi connectivity index (χ1v) is 11.6. The molecule has 0 saturated heterocycles. The number of para-hydroxylation sites is 1. The minimum atomic E-state index is -0.950. The lowest BCUT2D eigenvalue weighted by molar-refractivity contribution is 0.0580. The van der Waals surface area contributed by atoms with Gasteiger partial charge in [0.1, 0.15) is 35.1 Å². The number of carbonyl (C=O) groups excluding carboxylic acids is 1. The lowest BCUT2D eigenvalue weighted by atomic mass is 9.91. The molecule has 3 aromatic carbocycles. The third kappa shape index (κ3) is 4.48. The van der Waals surface area contributed by atoms with Crippen molar-refractivity contribution in [3.05, 3.63) is 99.4 Å². The van der Waals surface area contributed by atoms with E-state index in [4.69, 9.17) is 18.6 Å². The van der Waals surface area contributed by atoms with Crippen LogP contribution in [0.15, 0.2) is 69.9 Å². The van der Waals surface area contributed by atoms with Gasteiger partial charge in [-0.2, -0.15) is 0 Å². The van der Waals surface area contributed by atoms with Crippen LogP contribution in [-0.2, 0) is 6.42 Å². The number of benzene rings is 3. The van der Waals surface area contributed by atoms with Crippen LogP contribution in [0.3, 0.4) is 0 Å². The Bertz CT molecular complexity index is 1530. The van der Waals surface area contributed by atoms with Crippen molar-refractivity contribution in [3.63, 3.8) is 0 Å². The van der Waals surface area contributed by atoms with E-state index in [-0.39, 0.29) is 18.9 Å². The minimum Gasteiger partial charge on any atom is -0.493 e. The first-order valence-electron chi connectivity index (χ1n) is 11.6. The topological polar surface area (TPSA) is 78.2 Å². The molecule has 5 rings (SSSR count). The molecule has 1 aromatic heterocycles. The SMILES string of the molecule is COc1cc2c(cc1OC)C(COc1cc(=O)oc3ccccc13)N(C(=O)c1c(F)cccc1F)CC2. The average molecular weight is 507 g/mol. The molecule has 1 amide bonds. The number of amides is 1. The van der Waals surface area contributed by atoms with Crippen LogP contribution in [0.25, 0.3) is 11.0 Å². The number of fused-ring (bicyclic) bond motifs is 2. The predicted octanol–water partition coefficient (Wildman–Crippen LogP) is 4.91. The summed E-state index contributed by atoms with van der Waals surface area (Å²) in [4.78, 5) is 27.0. The van der Waals surface area contributed by atoms with Crippen LogP contribution in [0, 0.1) is 11.6 Å². The second-order valence-corrected chi connectivity index (χ2v) is 8.50. The van der Waals surface area contributed by atoms with Crippen LogP contribution in [-0.4, -0.2) is 38.2 Å². The highest BCUT2D eigenvalue weighted by Crippen LogP contribution is 2.39. The van der Waals surface area contributed by atoms with Gasteiger partial charge in [0.15, 0.2) is 11.5 Å². The molecule has 1 aliphatic heterocycles. The first-order chi connectivity index (χ1) is 17.9. The molecular formula is C28H23F2NO6. The number of halogens is 2. The molecule has 190 valence electrons. The number of rotatable bonds is 6. The minimum absolute atomic E-state index is 0.0995. The van der Waals surface area contributed by atoms with E-state index in [1.54, 1.807) is 30.3 Å². The third-order valence-corrected chi connectivity index (χ3v) is 6.45. The summed E-state index contributed by atoms with van der Waals surface area (Å²) in [6, 6.07) is 14.2. The molecular weight excluding hydrogens is 484 g/mol. The lowest BCUT2D eigenvalue weighted by Crippen LogP contribution is -2.43. The molecule has 4 aromatic rings. The standard InChI is InChI=1S/C28H23F2NO6/c1-34-24-12-16-10-11-31(28(33)27-19(29)7-5-8-20(27)30)21(18(16)13-25(24)35-2)15-36-23-14-26(32)37-22-9-4-3-6-17(22)23/h3-9,12-14,21H,10-11,15H2,1-2H3. The van der Waals surface area contributed by atoms with E-state index in [1.165, 1.54) is 31.3 Å². The molecule has 0 fully saturated rings. The fourth-order valence-electron chi connectivity index (χ4n) is 4.67. The quantitative estimate of drug-likeness (QED) is 0.345. The molecule has 1 unspecified atom stereocenters. The molecule has 2 heterocycles. The highest BCUT2D eigenvalue weighted by Gasteiger charge is 2.35. The monoisotopic (exact) mass is 507 g/mol. The van der Waals surface area contributed by atoms with Crippen LogP contribution in [0.1, 0.15) is 27.5 Å². The van der Waals surface area contributed by atoms with Gasteiger partial charge in [-0.1, -0.05) is 18.2 Å². The summed E-state index contributed by atoms with van der Waals surface area (Å²) < 4.78 is 51.3. The molecule has 1 atom stereocenters. The molecule has 0 bridgehead atoms. The van der Waals surface area contributed by atoms with Crippen molar-refractivity contribution in [1.29, 1.82) is 0 Å². The van der Waals surface area contributed by atoms with Gasteiger partial charge in [0.25, 0.3) is 5.91 Å². The molecule has 0 N–H and O–H groups in total. The van der Waals surface area contributed by atoms with Gasteiger partial charge in [-0.3, -0.25) is 4.79 Å². The maximum Gasteiger partial charge on any atom is 0.339 e. The fourth-order valence-corrected chi connectivity index (χ4v) is 4.67. The van der Waals surface area contributed by atoms with E-state index in [0.29, 0.717) is 34.5 Å². The van der Waals surface area contributed by atoms with Crippen molar-refractivity contribution >= 4 is 16.9 Å². The molecule has 9 heteroatoms. The van der Waals surface area contributed by atoms with Gasteiger partial charge in [-0.15, -0.1) is 0 Å². The van der Waals surface area contributed by atoms with Crippen molar-refractivity contribution in [2.75, 3.05) is 27.4 Å². The van der Waals surface area contributed by atoms with E-state index in [2.05, 4.69) is 0 Å². The first kappa shape index (κ1) is 24.3. The van der Waals surface area contributed by atoms with Crippen LogP contribution in [0.4, 0.5) is 8.78 Å². The van der Waals surface area contributed by atoms with Crippen molar-refractivity contribution in [1.82, 2.24) is 4.90 Å². The molecule has 0 radical (unpaired) electrons. The Balaban J connectivity index is 1.58. The Morgan fingerprint density at radius 1 is 0.973 bits per heavy atom. The Kier molecular flexibility index (Phi) is 6.52. The van der Waals surface area contributed by atoms with Gasteiger partial charge >= 0.3 is 5.63 Å². The summed E-state index contributed by atoms with van der Waals surface area (Å²) >= 11 is 0. The summed E-state index contributed by atoms with van der Waals surface area (Å²) in [5.41, 5.74) is 0.678. The normalized spacial score (nSPS) is 14.8. The summed E-state index contributed by atoms with van der Waals surface area (Å²) in [5.74, 6) is -1.48. The molecule has 0 saturated carbocycles. The van der Waals surface area contributed by atoms with Crippen LogP contribution >= 0.6 is 0 Å². The smallest absolute Gasteiger partial charge is 0.339 e. The molecule has 1 aliphatic rings. The number of methoxy groups -OCH3 is 2. The number of ether oxygens (including phenoxy) is 3. The number of nitrogens with zero attached hydrogens (tertiary/aromatic N) is 1. The zero-order chi connectivity index (χ0) is 26.1. The van der Waals surface area contributed by atoms with Gasteiger partial charge < -0.3 is 23.5 Å². The van der Waals surface area contributed by atoms with Crippen molar-refractivity contribution in [2.24, 2.45) is 0 Å². The Morgan fingerprint density at radius 2 is 1.68 bits per heavy atom. The number of hydrogen-bond acceptors (Lipinski definition) is 6. The fraction of sp³-hybridized carbons (Fsp3) is 0.214. The zero-order valence-corrected chi connectivity index (χ0v) is 20.1.